The van der Waals surface area contributed by atoms with Crippen molar-refractivity contribution in [3.63, 3.8) is 0 Å². The van der Waals surface area contributed by atoms with Crippen molar-refractivity contribution in [2.45, 2.75) is 11.4 Å². The molecule has 1 aliphatic heterocycles. The first-order valence-electron chi connectivity index (χ1n) is 9.87. The molecular formula is C23H20BrClN2O4S. The van der Waals surface area contributed by atoms with Gasteiger partial charge in [-0.3, -0.25) is 4.79 Å². The van der Waals surface area contributed by atoms with Gasteiger partial charge in [0, 0.05) is 16.0 Å². The van der Waals surface area contributed by atoms with Crippen molar-refractivity contribution in [3.05, 3.63) is 87.9 Å². The highest BCUT2D eigenvalue weighted by molar-refractivity contribution is 9.10. The zero-order chi connectivity index (χ0) is 22.7. The van der Waals surface area contributed by atoms with E-state index >= 15 is 0 Å². The van der Waals surface area contributed by atoms with Gasteiger partial charge in [0.25, 0.3) is 0 Å². The summed E-state index contributed by atoms with van der Waals surface area (Å²) in [6.07, 6.45) is 0. The molecule has 4 rings (SSSR count). The summed E-state index contributed by atoms with van der Waals surface area (Å²) in [4.78, 5) is 14.9. The molecule has 6 nitrogen and oxygen atoms in total. The predicted molar refractivity (Wildman–Crippen MR) is 127 cm³/mol. The molecule has 0 unspecified atom stereocenters. The van der Waals surface area contributed by atoms with Crippen LogP contribution in [0.25, 0.3) is 0 Å². The second kappa shape index (κ2) is 9.62. The maximum Gasteiger partial charge on any atom is 0.243 e. The first-order chi connectivity index (χ1) is 15.3. The summed E-state index contributed by atoms with van der Waals surface area (Å²) in [5, 5.41) is 0.435. The maximum absolute atomic E-state index is 13.5. The van der Waals surface area contributed by atoms with E-state index in [2.05, 4.69) is 15.9 Å². The Hall–Kier alpha value is -2.39. The Balaban J connectivity index is 1.65. The zero-order valence-corrected chi connectivity index (χ0v) is 20.1. The van der Waals surface area contributed by atoms with Gasteiger partial charge in [-0.2, -0.15) is 4.31 Å². The highest BCUT2D eigenvalue weighted by Gasteiger charge is 2.31. The monoisotopic (exact) mass is 534 g/mol. The van der Waals surface area contributed by atoms with Crippen molar-refractivity contribution >= 4 is 49.1 Å². The van der Waals surface area contributed by atoms with Gasteiger partial charge in [-0.05, 0) is 54.1 Å². The van der Waals surface area contributed by atoms with Crippen molar-refractivity contribution in [1.29, 1.82) is 0 Å². The number of sulfonamides is 1. The molecule has 0 aromatic heterocycles. The minimum atomic E-state index is -3.95. The molecule has 0 saturated heterocycles. The molecule has 0 spiro atoms. The van der Waals surface area contributed by atoms with E-state index in [1.54, 1.807) is 17.0 Å². The molecule has 1 amide bonds. The summed E-state index contributed by atoms with van der Waals surface area (Å²) < 4.78 is 34.6. The van der Waals surface area contributed by atoms with E-state index in [4.69, 9.17) is 16.3 Å². The average molecular weight is 536 g/mol. The van der Waals surface area contributed by atoms with Crippen LogP contribution in [0.15, 0.2) is 82.2 Å². The van der Waals surface area contributed by atoms with E-state index in [0.29, 0.717) is 29.6 Å². The summed E-state index contributed by atoms with van der Waals surface area (Å²) in [6, 6.07) is 20.5. The minimum absolute atomic E-state index is 0.0516. The largest absolute Gasteiger partial charge is 0.490 e. The van der Waals surface area contributed by atoms with Gasteiger partial charge in [0.15, 0.2) is 0 Å². The van der Waals surface area contributed by atoms with Crippen LogP contribution in [0.1, 0.15) is 5.56 Å². The van der Waals surface area contributed by atoms with Gasteiger partial charge in [0.1, 0.15) is 12.4 Å². The Morgan fingerprint density at radius 1 is 1.03 bits per heavy atom. The molecule has 166 valence electrons. The molecule has 0 atom stereocenters. The van der Waals surface area contributed by atoms with Crippen LogP contribution in [0.5, 0.6) is 5.75 Å². The van der Waals surface area contributed by atoms with Crippen molar-refractivity contribution < 1.29 is 17.9 Å². The van der Waals surface area contributed by atoms with E-state index in [0.717, 1.165) is 10.0 Å². The average Bonchev–Trinajstić information content (AvgIpc) is 2.80. The van der Waals surface area contributed by atoms with Crippen LogP contribution in [0.4, 0.5) is 5.69 Å². The molecule has 0 N–H and O–H groups in total. The molecule has 0 aliphatic carbocycles. The number of hydrogen-bond donors (Lipinski definition) is 0. The molecule has 9 heteroatoms. The first-order valence-corrected chi connectivity index (χ1v) is 12.5. The van der Waals surface area contributed by atoms with Crippen LogP contribution in [-0.4, -0.2) is 38.3 Å². The lowest BCUT2D eigenvalue weighted by atomic mass is 10.2. The Kier molecular flexibility index (Phi) is 6.85. The molecule has 1 aliphatic rings. The third-order valence-corrected chi connectivity index (χ3v) is 7.65. The van der Waals surface area contributed by atoms with E-state index in [1.807, 2.05) is 36.4 Å². The summed E-state index contributed by atoms with van der Waals surface area (Å²) in [5.41, 5.74) is 1.40. The number of hydrogen-bond acceptors (Lipinski definition) is 4. The maximum atomic E-state index is 13.5. The quantitative estimate of drug-likeness (QED) is 0.458. The van der Waals surface area contributed by atoms with Gasteiger partial charge < -0.3 is 9.64 Å². The van der Waals surface area contributed by atoms with Crippen LogP contribution in [-0.2, 0) is 21.4 Å². The number of nitrogens with zero attached hydrogens (tertiary/aromatic N) is 2. The van der Waals surface area contributed by atoms with Gasteiger partial charge in [0.05, 0.1) is 23.7 Å². The molecule has 1 heterocycles. The Morgan fingerprint density at radius 3 is 2.44 bits per heavy atom. The number of carbonyl (C=O) groups is 1. The second-order valence-corrected chi connectivity index (χ2v) is 10.5. The van der Waals surface area contributed by atoms with Gasteiger partial charge in [0.2, 0.25) is 15.9 Å². The lowest BCUT2D eigenvalue weighted by Gasteiger charge is -2.31. The fourth-order valence-corrected chi connectivity index (χ4v) is 5.21. The van der Waals surface area contributed by atoms with Crippen LogP contribution >= 0.6 is 27.5 Å². The van der Waals surface area contributed by atoms with Crippen LogP contribution in [0.3, 0.4) is 0 Å². The number of ether oxygens (including phenoxy) is 1. The van der Waals surface area contributed by atoms with E-state index in [1.165, 1.54) is 28.6 Å². The molecular weight excluding hydrogens is 516 g/mol. The number of para-hydroxylation sites is 2. The Bertz CT molecular complexity index is 1220. The van der Waals surface area contributed by atoms with E-state index in [-0.39, 0.29) is 23.9 Å². The smallest absolute Gasteiger partial charge is 0.243 e. The van der Waals surface area contributed by atoms with Gasteiger partial charge in [-0.15, -0.1) is 0 Å². The van der Waals surface area contributed by atoms with Crippen molar-refractivity contribution in [2.24, 2.45) is 0 Å². The summed E-state index contributed by atoms with van der Waals surface area (Å²) >= 11 is 9.32. The molecule has 0 radical (unpaired) electrons. The summed E-state index contributed by atoms with van der Waals surface area (Å²) in [6.45, 7) is 0.438. The first kappa shape index (κ1) is 22.8. The van der Waals surface area contributed by atoms with E-state index < -0.39 is 10.0 Å². The molecule has 0 saturated carbocycles. The highest BCUT2D eigenvalue weighted by atomic mass is 79.9. The van der Waals surface area contributed by atoms with Crippen molar-refractivity contribution in [2.75, 3.05) is 24.6 Å². The molecule has 3 aromatic rings. The Labute approximate surface area is 200 Å². The number of fused-ring (bicyclic) bond motifs is 1. The molecule has 32 heavy (non-hydrogen) atoms. The van der Waals surface area contributed by atoms with E-state index in [9.17, 15) is 13.2 Å². The third kappa shape index (κ3) is 4.99. The number of halogens is 2. The van der Waals surface area contributed by atoms with Crippen LogP contribution < -0.4 is 9.64 Å². The van der Waals surface area contributed by atoms with Gasteiger partial charge in [-0.1, -0.05) is 51.8 Å². The van der Waals surface area contributed by atoms with Crippen LogP contribution in [0.2, 0.25) is 5.02 Å². The number of anilines is 1. The fourth-order valence-electron chi connectivity index (χ4n) is 3.44. The number of rotatable bonds is 6. The van der Waals surface area contributed by atoms with Gasteiger partial charge >= 0.3 is 0 Å². The number of benzene rings is 3. The fraction of sp³-hybridized carbons (Fsp3) is 0.174. The highest BCUT2D eigenvalue weighted by Crippen LogP contribution is 2.31. The summed E-state index contributed by atoms with van der Waals surface area (Å²) in [7, 11) is -3.95. The molecule has 0 fully saturated rings. The number of amides is 1. The van der Waals surface area contributed by atoms with Crippen LogP contribution in [0, 0.1) is 0 Å². The summed E-state index contributed by atoms with van der Waals surface area (Å²) in [5.74, 6) is 0.280. The minimum Gasteiger partial charge on any atom is -0.490 e. The van der Waals surface area contributed by atoms with Gasteiger partial charge in [-0.25, -0.2) is 8.42 Å². The SMILES string of the molecule is O=C(CN(Cc1ccc(Br)cc1)S(=O)(=O)c1ccc(Cl)cc1)N1CCOc2ccccc21. The zero-order valence-electron chi connectivity index (χ0n) is 16.9. The Morgan fingerprint density at radius 2 is 1.72 bits per heavy atom. The lowest BCUT2D eigenvalue weighted by molar-refractivity contribution is -0.119. The van der Waals surface area contributed by atoms with Crippen molar-refractivity contribution in [1.82, 2.24) is 4.31 Å². The van der Waals surface area contributed by atoms with Crippen molar-refractivity contribution in [3.8, 4) is 5.75 Å². The number of carbonyl (C=O) groups excluding carboxylic acids is 1. The standard InChI is InChI=1S/C23H20BrClN2O4S/c24-18-7-5-17(6-8-18)15-26(32(29,30)20-11-9-19(25)10-12-20)16-23(28)27-13-14-31-22-4-2-1-3-21(22)27/h1-12H,13-16H2. The topological polar surface area (TPSA) is 66.9 Å². The molecule has 0 bridgehead atoms. The second-order valence-electron chi connectivity index (χ2n) is 7.22. The lowest BCUT2D eigenvalue weighted by Crippen LogP contribution is -2.45. The third-order valence-electron chi connectivity index (χ3n) is 5.06. The molecule has 3 aromatic carbocycles. The predicted octanol–water partition coefficient (Wildman–Crippen LogP) is 4.72. The normalized spacial score (nSPS) is 13.5.